The molecule has 0 unspecified atom stereocenters. The Morgan fingerprint density at radius 1 is 0.846 bits per heavy atom. The molecule has 0 bridgehead atoms. The molecule has 2 aliphatic carbocycles. The van der Waals surface area contributed by atoms with Gasteiger partial charge in [-0.25, -0.2) is 0 Å². The van der Waals surface area contributed by atoms with Crippen LogP contribution >= 0.6 is 0 Å². The van der Waals surface area contributed by atoms with Gasteiger partial charge in [0, 0.05) is 49.4 Å². The lowest BCUT2D eigenvalue weighted by atomic mass is 9.95. The van der Waals surface area contributed by atoms with Gasteiger partial charge in [0.05, 0.1) is 0 Å². The van der Waals surface area contributed by atoms with Crippen LogP contribution in [0.1, 0.15) is 55.3 Å². The summed E-state index contributed by atoms with van der Waals surface area (Å²) in [6.07, 6.45) is 8.09. The second-order valence-corrected chi connectivity index (χ2v) is 7.94. The van der Waals surface area contributed by atoms with Crippen LogP contribution in [0.5, 0.6) is 0 Å². The summed E-state index contributed by atoms with van der Waals surface area (Å²) in [5.74, 6) is 0.700. The standard InChI is InChI=1S/C21H29N3O2/c25-20(22-18-4-2-1-3-5-18)16-8-10-19(11-9-16)23-12-14-24(15-13-23)21(26)17-6-7-17/h8-11,17-18H,1-7,12-15H2,(H,22,25). The van der Waals surface area contributed by atoms with Crippen LogP contribution in [0.4, 0.5) is 5.69 Å². The maximum atomic E-state index is 12.4. The molecular weight excluding hydrogens is 326 g/mol. The third kappa shape index (κ3) is 4.02. The van der Waals surface area contributed by atoms with Crippen molar-refractivity contribution in [2.45, 2.75) is 51.0 Å². The number of amides is 2. The van der Waals surface area contributed by atoms with E-state index in [0.29, 0.717) is 17.9 Å². The molecule has 0 radical (unpaired) electrons. The van der Waals surface area contributed by atoms with Crippen LogP contribution in [0.2, 0.25) is 0 Å². The number of nitrogens with zero attached hydrogens (tertiary/aromatic N) is 2. The highest BCUT2D eigenvalue weighted by molar-refractivity contribution is 5.94. The Labute approximate surface area is 155 Å². The van der Waals surface area contributed by atoms with Gasteiger partial charge in [0.2, 0.25) is 5.91 Å². The molecule has 140 valence electrons. The molecule has 4 rings (SSSR count). The van der Waals surface area contributed by atoms with Crippen molar-refractivity contribution < 1.29 is 9.59 Å². The Morgan fingerprint density at radius 2 is 1.50 bits per heavy atom. The van der Waals surface area contributed by atoms with Gasteiger partial charge in [0.25, 0.3) is 5.91 Å². The lowest BCUT2D eigenvalue weighted by Crippen LogP contribution is -2.49. The lowest BCUT2D eigenvalue weighted by Gasteiger charge is -2.36. The molecule has 0 spiro atoms. The number of benzene rings is 1. The predicted octanol–water partition coefficient (Wildman–Crippen LogP) is 2.81. The van der Waals surface area contributed by atoms with E-state index in [1.54, 1.807) is 0 Å². The fraction of sp³-hybridized carbons (Fsp3) is 0.619. The summed E-state index contributed by atoms with van der Waals surface area (Å²) in [5, 5.41) is 3.17. The minimum atomic E-state index is 0.0447. The van der Waals surface area contributed by atoms with Crippen molar-refractivity contribution in [2.24, 2.45) is 5.92 Å². The Hall–Kier alpha value is -2.04. The molecular formula is C21H29N3O2. The first-order valence-corrected chi connectivity index (χ1v) is 10.2. The number of hydrogen-bond acceptors (Lipinski definition) is 3. The number of nitrogens with one attached hydrogen (secondary N) is 1. The van der Waals surface area contributed by atoms with Gasteiger partial charge in [-0.2, -0.15) is 0 Å². The molecule has 26 heavy (non-hydrogen) atoms. The van der Waals surface area contributed by atoms with E-state index >= 15 is 0 Å². The summed E-state index contributed by atoms with van der Waals surface area (Å²) < 4.78 is 0. The van der Waals surface area contributed by atoms with E-state index in [1.807, 2.05) is 29.2 Å². The second kappa shape index (κ2) is 7.68. The van der Waals surface area contributed by atoms with Crippen LogP contribution < -0.4 is 10.2 Å². The van der Waals surface area contributed by atoms with Gasteiger partial charge in [0.15, 0.2) is 0 Å². The average Bonchev–Trinajstić information content (AvgIpc) is 3.54. The van der Waals surface area contributed by atoms with Gasteiger partial charge in [-0.05, 0) is 49.9 Å². The van der Waals surface area contributed by atoms with Gasteiger partial charge in [-0.1, -0.05) is 19.3 Å². The fourth-order valence-corrected chi connectivity index (χ4v) is 4.11. The summed E-state index contributed by atoms with van der Waals surface area (Å²) in [5.41, 5.74) is 1.87. The average molecular weight is 355 g/mol. The van der Waals surface area contributed by atoms with Crippen molar-refractivity contribution in [3.63, 3.8) is 0 Å². The van der Waals surface area contributed by atoms with Crippen LogP contribution in [0.25, 0.3) is 0 Å². The third-order valence-corrected chi connectivity index (χ3v) is 5.95. The van der Waals surface area contributed by atoms with Gasteiger partial charge in [0.1, 0.15) is 0 Å². The van der Waals surface area contributed by atoms with Crippen molar-refractivity contribution in [1.29, 1.82) is 0 Å². The topological polar surface area (TPSA) is 52.7 Å². The molecule has 3 aliphatic rings. The predicted molar refractivity (Wildman–Crippen MR) is 102 cm³/mol. The Morgan fingerprint density at radius 3 is 2.12 bits per heavy atom. The quantitative estimate of drug-likeness (QED) is 0.904. The van der Waals surface area contributed by atoms with E-state index in [0.717, 1.165) is 63.1 Å². The molecule has 1 saturated heterocycles. The van der Waals surface area contributed by atoms with E-state index in [4.69, 9.17) is 0 Å². The number of hydrogen-bond donors (Lipinski definition) is 1. The molecule has 2 saturated carbocycles. The minimum Gasteiger partial charge on any atom is -0.368 e. The first kappa shape index (κ1) is 17.4. The monoisotopic (exact) mass is 355 g/mol. The number of anilines is 1. The van der Waals surface area contributed by atoms with Gasteiger partial charge in [-0.15, -0.1) is 0 Å². The molecule has 1 aromatic rings. The highest BCUT2D eigenvalue weighted by Crippen LogP contribution is 2.31. The number of carbonyl (C=O) groups excluding carboxylic acids is 2. The molecule has 0 atom stereocenters. The fourth-order valence-electron chi connectivity index (χ4n) is 4.11. The summed E-state index contributed by atoms with van der Waals surface area (Å²) in [6.45, 7) is 3.34. The van der Waals surface area contributed by atoms with Crippen LogP contribution in [-0.4, -0.2) is 48.9 Å². The number of carbonyl (C=O) groups is 2. The van der Waals surface area contributed by atoms with E-state index in [2.05, 4.69) is 10.2 Å². The zero-order valence-corrected chi connectivity index (χ0v) is 15.5. The molecule has 1 heterocycles. The highest BCUT2D eigenvalue weighted by Gasteiger charge is 2.34. The summed E-state index contributed by atoms with van der Waals surface area (Å²) in [7, 11) is 0. The molecule has 3 fully saturated rings. The van der Waals surface area contributed by atoms with Crippen LogP contribution in [-0.2, 0) is 4.79 Å². The van der Waals surface area contributed by atoms with Crippen LogP contribution in [0, 0.1) is 5.92 Å². The maximum Gasteiger partial charge on any atom is 0.251 e. The Bertz CT molecular complexity index is 640. The molecule has 2 amide bonds. The van der Waals surface area contributed by atoms with E-state index in [9.17, 15) is 9.59 Å². The minimum absolute atomic E-state index is 0.0447. The van der Waals surface area contributed by atoms with Gasteiger partial charge >= 0.3 is 0 Å². The van der Waals surface area contributed by atoms with Gasteiger partial charge in [-0.3, -0.25) is 9.59 Å². The van der Waals surface area contributed by atoms with Crippen molar-refractivity contribution in [1.82, 2.24) is 10.2 Å². The largest absolute Gasteiger partial charge is 0.368 e. The van der Waals surface area contributed by atoms with E-state index in [-0.39, 0.29) is 5.91 Å². The van der Waals surface area contributed by atoms with Crippen molar-refractivity contribution in [3.8, 4) is 0 Å². The SMILES string of the molecule is O=C(NC1CCCCC1)c1ccc(N2CCN(C(=O)C3CC3)CC2)cc1. The second-order valence-electron chi connectivity index (χ2n) is 7.94. The third-order valence-electron chi connectivity index (χ3n) is 5.95. The van der Waals surface area contributed by atoms with Crippen LogP contribution in [0.3, 0.4) is 0 Å². The molecule has 1 aromatic carbocycles. The zero-order chi connectivity index (χ0) is 17.9. The van der Waals surface area contributed by atoms with Gasteiger partial charge < -0.3 is 15.1 Å². The number of piperazine rings is 1. The summed E-state index contributed by atoms with van der Waals surface area (Å²) >= 11 is 0. The molecule has 5 nitrogen and oxygen atoms in total. The summed E-state index contributed by atoms with van der Waals surface area (Å²) in [6, 6.07) is 8.26. The van der Waals surface area contributed by atoms with E-state index < -0.39 is 0 Å². The van der Waals surface area contributed by atoms with Crippen LogP contribution in [0.15, 0.2) is 24.3 Å². The number of rotatable bonds is 4. The smallest absolute Gasteiger partial charge is 0.251 e. The normalized spacial score (nSPS) is 21.5. The first-order chi connectivity index (χ1) is 12.7. The first-order valence-electron chi connectivity index (χ1n) is 10.2. The summed E-state index contributed by atoms with van der Waals surface area (Å²) in [4.78, 5) is 28.9. The molecule has 0 aromatic heterocycles. The Kier molecular flexibility index (Phi) is 5.14. The molecule has 1 aliphatic heterocycles. The lowest BCUT2D eigenvalue weighted by molar-refractivity contribution is -0.132. The zero-order valence-electron chi connectivity index (χ0n) is 15.5. The van der Waals surface area contributed by atoms with Crippen molar-refractivity contribution >= 4 is 17.5 Å². The van der Waals surface area contributed by atoms with E-state index in [1.165, 1.54) is 19.3 Å². The maximum absolute atomic E-state index is 12.4. The van der Waals surface area contributed by atoms with Crippen molar-refractivity contribution in [3.05, 3.63) is 29.8 Å². The molecule has 1 N–H and O–H groups in total. The van der Waals surface area contributed by atoms with Crippen molar-refractivity contribution in [2.75, 3.05) is 31.1 Å². The Balaban J connectivity index is 1.30. The highest BCUT2D eigenvalue weighted by atomic mass is 16.2. The molecule has 5 heteroatoms.